The van der Waals surface area contributed by atoms with E-state index in [0.717, 1.165) is 10.9 Å². The molecule has 2 nitrogen and oxygen atoms in total. The highest BCUT2D eigenvalue weighted by atomic mass is 79.9. The normalized spacial score (nSPS) is 29.6. The fraction of sp³-hybridized carbons (Fsp3) is 0.500. The third-order valence-corrected chi connectivity index (χ3v) is 3.77. The summed E-state index contributed by atoms with van der Waals surface area (Å²) in [6.45, 7) is 2.61. The maximum Gasteiger partial charge on any atom is 0.127 e. The number of nitrogens with two attached hydrogens (primary N) is 1. The predicted molar refractivity (Wildman–Crippen MR) is 64.8 cm³/mol. The van der Waals surface area contributed by atoms with Crippen LogP contribution >= 0.6 is 15.9 Å². The van der Waals surface area contributed by atoms with Crippen LogP contribution in [0, 0.1) is 5.82 Å². The summed E-state index contributed by atoms with van der Waals surface area (Å²) in [5.74, 6) is -0.210. The number of benzene rings is 1. The van der Waals surface area contributed by atoms with Crippen LogP contribution in [0.15, 0.2) is 22.7 Å². The number of rotatable bonds is 2. The average molecular weight is 288 g/mol. The minimum atomic E-state index is -0.436. The first-order valence-corrected chi connectivity index (χ1v) is 6.15. The van der Waals surface area contributed by atoms with E-state index in [1.165, 1.54) is 6.07 Å². The van der Waals surface area contributed by atoms with Crippen LogP contribution in [0.2, 0.25) is 0 Å². The lowest BCUT2D eigenvalue weighted by Crippen LogP contribution is -2.48. The maximum atomic E-state index is 13.7. The third kappa shape index (κ3) is 2.29. The van der Waals surface area contributed by atoms with Crippen molar-refractivity contribution in [3.63, 3.8) is 0 Å². The highest BCUT2D eigenvalue weighted by Gasteiger charge is 2.38. The van der Waals surface area contributed by atoms with Crippen molar-refractivity contribution >= 4 is 15.9 Å². The minimum Gasteiger partial charge on any atom is -0.377 e. The Balaban J connectivity index is 2.20. The van der Waals surface area contributed by atoms with Gasteiger partial charge in [-0.25, -0.2) is 4.39 Å². The molecule has 0 amide bonds. The second-order valence-electron chi connectivity index (χ2n) is 4.41. The van der Waals surface area contributed by atoms with E-state index in [2.05, 4.69) is 15.9 Å². The van der Waals surface area contributed by atoms with Crippen molar-refractivity contribution in [2.45, 2.75) is 31.4 Å². The SMILES string of the molecule is CC1OCCC1(N)Cc1ccc(Br)cc1F. The van der Waals surface area contributed by atoms with Crippen LogP contribution < -0.4 is 5.73 Å². The van der Waals surface area contributed by atoms with Gasteiger partial charge in [-0.2, -0.15) is 0 Å². The molecule has 1 aliphatic heterocycles. The fourth-order valence-corrected chi connectivity index (χ4v) is 2.38. The number of hydrogen-bond donors (Lipinski definition) is 1. The molecule has 0 saturated carbocycles. The summed E-state index contributed by atoms with van der Waals surface area (Å²) in [5.41, 5.74) is 6.46. The monoisotopic (exact) mass is 287 g/mol. The Morgan fingerprint density at radius 2 is 2.38 bits per heavy atom. The van der Waals surface area contributed by atoms with Gasteiger partial charge in [0.2, 0.25) is 0 Å². The summed E-state index contributed by atoms with van der Waals surface area (Å²) < 4.78 is 19.9. The maximum absolute atomic E-state index is 13.7. The van der Waals surface area contributed by atoms with Gasteiger partial charge in [0, 0.05) is 16.6 Å². The van der Waals surface area contributed by atoms with Crippen molar-refractivity contribution in [1.82, 2.24) is 0 Å². The lowest BCUT2D eigenvalue weighted by molar-refractivity contribution is 0.0953. The van der Waals surface area contributed by atoms with Gasteiger partial charge in [-0.3, -0.25) is 0 Å². The molecule has 0 spiro atoms. The Morgan fingerprint density at radius 1 is 1.62 bits per heavy atom. The van der Waals surface area contributed by atoms with Crippen molar-refractivity contribution in [3.8, 4) is 0 Å². The summed E-state index contributed by atoms with van der Waals surface area (Å²) in [6, 6.07) is 5.08. The highest BCUT2D eigenvalue weighted by Crippen LogP contribution is 2.28. The molecule has 0 bridgehead atoms. The molecular weight excluding hydrogens is 273 g/mol. The predicted octanol–water partition coefficient (Wildman–Crippen LogP) is 2.64. The largest absolute Gasteiger partial charge is 0.377 e. The van der Waals surface area contributed by atoms with Crippen LogP contribution in [0.25, 0.3) is 0 Å². The number of hydrogen-bond acceptors (Lipinski definition) is 2. The van der Waals surface area contributed by atoms with E-state index in [9.17, 15) is 4.39 Å². The van der Waals surface area contributed by atoms with Crippen molar-refractivity contribution in [3.05, 3.63) is 34.1 Å². The number of ether oxygens (including phenoxy) is 1. The molecule has 88 valence electrons. The second kappa shape index (κ2) is 4.43. The smallest absolute Gasteiger partial charge is 0.127 e. The summed E-state index contributed by atoms with van der Waals surface area (Å²) in [6.07, 6.45) is 1.28. The first-order chi connectivity index (χ1) is 7.51. The van der Waals surface area contributed by atoms with E-state index in [-0.39, 0.29) is 11.9 Å². The Kier molecular flexibility index (Phi) is 3.33. The molecule has 2 atom stereocenters. The molecule has 16 heavy (non-hydrogen) atoms. The van der Waals surface area contributed by atoms with Crippen LogP contribution in [0.1, 0.15) is 18.9 Å². The van der Waals surface area contributed by atoms with Gasteiger partial charge in [-0.05, 0) is 37.5 Å². The van der Waals surface area contributed by atoms with E-state index in [1.807, 2.05) is 13.0 Å². The standard InChI is InChI=1S/C12H15BrFNO/c1-8-12(15,4-5-16-8)7-9-2-3-10(13)6-11(9)14/h2-3,6,8H,4-5,7,15H2,1H3. The van der Waals surface area contributed by atoms with Gasteiger partial charge in [0.25, 0.3) is 0 Å². The van der Waals surface area contributed by atoms with E-state index in [1.54, 1.807) is 6.07 Å². The van der Waals surface area contributed by atoms with Crippen molar-refractivity contribution in [2.24, 2.45) is 5.73 Å². The average Bonchev–Trinajstić information content (AvgIpc) is 2.52. The molecule has 2 N–H and O–H groups in total. The van der Waals surface area contributed by atoms with Crippen LogP contribution in [0.3, 0.4) is 0 Å². The summed E-state index contributed by atoms with van der Waals surface area (Å²) in [5, 5.41) is 0. The van der Waals surface area contributed by atoms with Gasteiger partial charge in [0.05, 0.1) is 6.10 Å². The zero-order valence-corrected chi connectivity index (χ0v) is 10.8. The van der Waals surface area contributed by atoms with Crippen LogP contribution in [0.5, 0.6) is 0 Å². The zero-order chi connectivity index (χ0) is 11.8. The topological polar surface area (TPSA) is 35.2 Å². The summed E-state index contributed by atoms with van der Waals surface area (Å²) in [4.78, 5) is 0. The Bertz CT molecular complexity index is 399. The molecule has 1 aliphatic rings. The lowest BCUT2D eigenvalue weighted by Gasteiger charge is -2.27. The molecule has 1 saturated heterocycles. The molecule has 4 heteroatoms. The van der Waals surface area contributed by atoms with E-state index in [4.69, 9.17) is 10.5 Å². The van der Waals surface area contributed by atoms with Gasteiger partial charge in [0.1, 0.15) is 5.82 Å². The Labute approximate surface area is 103 Å². The lowest BCUT2D eigenvalue weighted by atomic mass is 9.86. The van der Waals surface area contributed by atoms with Gasteiger partial charge in [-0.15, -0.1) is 0 Å². The van der Waals surface area contributed by atoms with Gasteiger partial charge < -0.3 is 10.5 Å². The molecule has 0 radical (unpaired) electrons. The first-order valence-electron chi connectivity index (χ1n) is 5.36. The van der Waals surface area contributed by atoms with Crippen LogP contribution in [0.4, 0.5) is 4.39 Å². The Hall–Kier alpha value is -0.450. The van der Waals surface area contributed by atoms with Crippen molar-refractivity contribution in [1.29, 1.82) is 0 Å². The molecule has 0 aromatic heterocycles. The van der Waals surface area contributed by atoms with E-state index < -0.39 is 5.54 Å². The van der Waals surface area contributed by atoms with Crippen molar-refractivity contribution < 1.29 is 9.13 Å². The number of halogens is 2. The van der Waals surface area contributed by atoms with Crippen molar-refractivity contribution in [2.75, 3.05) is 6.61 Å². The Morgan fingerprint density at radius 3 is 2.94 bits per heavy atom. The van der Waals surface area contributed by atoms with E-state index in [0.29, 0.717) is 18.6 Å². The molecule has 1 aromatic carbocycles. The van der Waals surface area contributed by atoms with Crippen LogP contribution in [-0.2, 0) is 11.2 Å². The van der Waals surface area contributed by atoms with Gasteiger partial charge in [0.15, 0.2) is 0 Å². The van der Waals surface area contributed by atoms with E-state index >= 15 is 0 Å². The zero-order valence-electron chi connectivity index (χ0n) is 9.17. The molecule has 1 aromatic rings. The van der Waals surface area contributed by atoms with Crippen LogP contribution in [-0.4, -0.2) is 18.2 Å². The quantitative estimate of drug-likeness (QED) is 0.908. The molecule has 1 fully saturated rings. The fourth-order valence-electron chi connectivity index (χ4n) is 2.05. The molecule has 0 aliphatic carbocycles. The minimum absolute atomic E-state index is 0.0180. The molecule has 1 heterocycles. The molecule has 2 unspecified atom stereocenters. The first kappa shape index (κ1) is 12.0. The summed E-state index contributed by atoms with van der Waals surface area (Å²) in [7, 11) is 0. The third-order valence-electron chi connectivity index (χ3n) is 3.28. The van der Waals surface area contributed by atoms with Gasteiger partial charge >= 0.3 is 0 Å². The highest BCUT2D eigenvalue weighted by molar-refractivity contribution is 9.10. The molecular formula is C12H15BrFNO. The summed E-state index contributed by atoms with van der Waals surface area (Å²) >= 11 is 3.24. The second-order valence-corrected chi connectivity index (χ2v) is 5.32. The molecule has 2 rings (SSSR count). The van der Waals surface area contributed by atoms with Gasteiger partial charge in [-0.1, -0.05) is 22.0 Å².